The Morgan fingerprint density at radius 3 is 2.44 bits per heavy atom. The van der Waals surface area contributed by atoms with Crippen molar-refractivity contribution in [3.05, 3.63) is 67.0 Å². The van der Waals surface area contributed by atoms with Crippen LogP contribution in [-0.2, 0) is 12.7 Å². The molecule has 0 saturated heterocycles. The molecule has 0 unspecified atom stereocenters. The summed E-state index contributed by atoms with van der Waals surface area (Å²) in [5.41, 5.74) is -5.24. The fraction of sp³-hybridized carbons (Fsp3) is 0.250. The fourth-order valence-electron chi connectivity index (χ4n) is 2.49. The minimum Gasteiger partial charge on any atom is -0.290 e. The third-order valence-corrected chi connectivity index (χ3v) is 3.48. The second-order valence-corrected chi connectivity index (χ2v) is 5.25. The molecular weight excluding hydrogens is 339 g/mol. The Bertz CT molecular complexity index is 1010. The van der Waals surface area contributed by atoms with E-state index >= 15 is 0 Å². The molecule has 0 bridgehead atoms. The lowest BCUT2D eigenvalue weighted by Gasteiger charge is -2.16. The summed E-state index contributed by atoms with van der Waals surface area (Å²) >= 11 is 0. The molecule has 25 heavy (non-hydrogen) atoms. The molecule has 1 aromatic heterocycles. The van der Waals surface area contributed by atoms with E-state index in [1.54, 1.807) is 18.0 Å². The van der Waals surface area contributed by atoms with Crippen LogP contribution in [-0.4, -0.2) is 15.3 Å². The first kappa shape index (κ1) is 18.2. The molecule has 1 N–H and O–H groups in total. The highest BCUT2D eigenvalue weighted by molar-refractivity contribution is 6.09. The van der Waals surface area contributed by atoms with E-state index < -0.39 is 34.5 Å². The maximum Gasteiger partial charge on any atom is 0.423 e. The number of hydrogen-bond donors (Lipinski definition) is 1. The van der Waals surface area contributed by atoms with Crippen molar-refractivity contribution in [3.63, 3.8) is 0 Å². The molecule has 0 aliphatic rings. The van der Waals surface area contributed by atoms with Crippen LogP contribution in [0.15, 0.2) is 27.8 Å². The second kappa shape index (κ2) is 6.39. The Balaban J connectivity index is 2.89. The highest BCUT2D eigenvalue weighted by Crippen LogP contribution is 2.30. The standard InChI is InChI=1S/C16H12F3N3O3/c1-3-22-12(11(16(17,18)19)14(24)21-15(22)25)13(23)10-5-8(2)4-9(6-10)7-20/h4-6H,3H2,1-2H3,(H,21,24,25). The first-order valence-electron chi connectivity index (χ1n) is 7.11. The van der Waals surface area contributed by atoms with Gasteiger partial charge in [-0.3, -0.25) is 19.1 Å². The van der Waals surface area contributed by atoms with Crippen LogP contribution < -0.4 is 11.2 Å². The minimum absolute atomic E-state index is 0.0761. The third-order valence-electron chi connectivity index (χ3n) is 3.48. The molecule has 0 atom stereocenters. The molecule has 0 aliphatic carbocycles. The summed E-state index contributed by atoms with van der Waals surface area (Å²) in [6.07, 6.45) is -5.13. The number of carbonyl (C=O) groups excluding carboxylic acids is 1. The Morgan fingerprint density at radius 1 is 1.28 bits per heavy atom. The van der Waals surface area contributed by atoms with Gasteiger partial charge in [0.25, 0.3) is 5.56 Å². The smallest absolute Gasteiger partial charge is 0.290 e. The molecule has 0 spiro atoms. The number of aryl methyl sites for hydroxylation is 1. The van der Waals surface area contributed by atoms with E-state index in [-0.39, 0.29) is 17.7 Å². The van der Waals surface area contributed by atoms with Crippen LogP contribution in [0.2, 0.25) is 0 Å². The number of carbonyl (C=O) groups is 1. The van der Waals surface area contributed by atoms with Gasteiger partial charge >= 0.3 is 11.9 Å². The number of nitriles is 1. The number of benzene rings is 1. The minimum atomic E-state index is -5.13. The van der Waals surface area contributed by atoms with Gasteiger partial charge in [0.05, 0.1) is 11.6 Å². The SMILES string of the molecule is CCn1c(C(=O)c2cc(C)cc(C#N)c2)c(C(F)(F)F)c(=O)[nH]c1=O. The summed E-state index contributed by atoms with van der Waals surface area (Å²) < 4.78 is 40.5. The summed E-state index contributed by atoms with van der Waals surface area (Å²) in [7, 11) is 0. The quantitative estimate of drug-likeness (QED) is 0.856. The number of aromatic nitrogens is 2. The number of nitrogens with zero attached hydrogens (tertiary/aromatic N) is 2. The van der Waals surface area contributed by atoms with E-state index in [1.165, 1.54) is 19.1 Å². The fourth-order valence-corrected chi connectivity index (χ4v) is 2.49. The molecule has 130 valence electrons. The van der Waals surface area contributed by atoms with Gasteiger partial charge in [-0.2, -0.15) is 18.4 Å². The van der Waals surface area contributed by atoms with Crippen molar-refractivity contribution in [3.8, 4) is 6.07 Å². The average molecular weight is 351 g/mol. The number of aromatic amines is 1. The van der Waals surface area contributed by atoms with Gasteiger partial charge < -0.3 is 0 Å². The van der Waals surface area contributed by atoms with Crippen molar-refractivity contribution in [2.45, 2.75) is 26.6 Å². The molecular formula is C16H12F3N3O3. The molecule has 0 aliphatic heterocycles. The summed E-state index contributed by atoms with van der Waals surface area (Å²) in [5, 5.41) is 8.96. The molecule has 2 rings (SSSR count). The highest BCUT2D eigenvalue weighted by Gasteiger charge is 2.41. The van der Waals surface area contributed by atoms with Crippen molar-refractivity contribution < 1.29 is 18.0 Å². The van der Waals surface area contributed by atoms with E-state index in [1.807, 2.05) is 0 Å². The van der Waals surface area contributed by atoms with Crippen LogP contribution in [0.1, 0.15) is 39.7 Å². The average Bonchev–Trinajstić information content (AvgIpc) is 2.51. The molecule has 2 aromatic rings. The monoisotopic (exact) mass is 351 g/mol. The van der Waals surface area contributed by atoms with Crippen LogP contribution in [0.3, 0.4) is 0 Å². The summed E-state index contributed by atoms with van der Waals surface area (Å²) in [4.78, 5) is 37.8. The lowest BCUT2D eigenvalue weighted by atomic mass is 9.99. The molecule has 0 amide bonds. The normalized spacial score (nSPS) is 11.2. The highest BCUT2D eigenvalue weighted by atomic mass is 19.4. The number of alkyl halides is 3. The van der Waals surface area contributed by atoms with E-state index in [4.69, 9.17) is 5.26 Å². The molecule has 9 heteroatoms. The maximum atomic E-state index is 13.3. The van der Waals surface area contributed by atoms with Crippen molar-refractivity contribution in [1.82, 2.24) is 9.55 Å². The number of nitrogens with one attached hydrogen (secondary N) is 1. The Labute approximate surface area is 139 Å². The zero-order valence-corrected chi connectivity index (χ0v) is 13.2. The number of H-pyrrole nitrogens is 1. The van der Waals surface area contributed by atoms with Gasteiger partial charge in [0.15, 0.2) is 0 Å². The lowest BCUT2D eigenvalue weighted by molar-refractivity contribution is -0.139. The van der Waals surface area contributed by atoms with Crippen LogP contribution in [0.5, 0.6) is 0 Å². The van der Waals surface area contributed by atoms with Crippen LogP contribution in [0.25, 0.3) is 0 Å². The van der Waals surface area contributed by atoms with Crippen LogP contribution in [0, 0.1) is 18.3 Å². The molecule has 0 fully saturated rings. The van der Waals surface area contributed by atoms with E-state index in [9.17, 15) is 27.6 Å². The largest absolute Gasteiger partial charge is 0.423 e. The molecule has 6 nitrogen and oxygen atoms in total. The van der Waals surface area contributed by atoms with Gasteiger partial charge in [0.1, 0.15) is 11.3 Å². The van der Waals surface area contributed by atoms with E-state index in [2.05, 4.69) is 0 Å². The zero-order valence-electron chi connectivity index (χ0n) is 13.2. The summed E-state index contributed by atoms with van der Waals surface area (Å²) in [6.45, 7) is 2.68. The van der Waals surface area contributed by atoms with Gasteiger partial charge in [0.2, 0.25) is 5.78 Å². The first-order valence-corrected chi connectivity index (χ1v) is 7.11. The predicted molar refractivity (Wildman–Crippen MR) is 81.3 cm³/mol. The van der Waals surface area contributed by atoms with Crippen molar-refractivity contribution in [2.75, 3.05) is 0 Å². The number of ketones is 1. The maximum absolute atomic E-state index is 13.3. The molecule has 0 radical (unpaired) electrons. The van der Waals surface area contributed by atoms with Crippen LogP contribution in [0.4, 0.5) is 13.2 Å². The zero-order chi connectivity index (χ0) is 18.9. The van der Waals surface area contributed by atoms with Crippen molar-refractivity contribution >= 4 is 5.78 Å². The number of halogens is 3. The summed E-state index contributed by atoms with van der Waals surface area (Å²) in [6, 6.07) is 5.65. The first-order chi connectivity index (χ1) is 11.6. The van der Waals surface area contributed by atoms with Crippen LogP contribution >= 0.6 is 0 Å². The second-order valence-electron chi connectivity index (χ2n) is 5.25. The topological polar surface area (TPSA) is 95.7 Å². The van der Waals surface area contributed by atoms with Crippen molar-refractivity contribution in [1.29, 1.82) is 5.26 Å². The predicted octanol–water partition coefficient (Wildman–Crippen LogP) is 1.99. The van der Waals surface area contributed by atoms with Gasteiger partial charge in [0, 0.05) is 12.1 Å². The Hall–Kier alpha value is -3.15. The Kier molecular flexibility index (Phi) is 4.65. The van der Waals surface area contributed by atoms with Crippen molar-refractivity contribution in [2.24, 2.45) is 0 Å². The van der Waals surface area contributed by atoms with E-state index in [0.29, 0.717) is 10.1 Å². The molecule has 0 saturated carbocycles. The van der Waals surface area contributed by atoms with E-state index in [0.717, 1.165) is 6.07 Å². The van der Waals surface area contributed by atoms with Gasteiger partial charge in [-0.05, 0) is 37.6 Å². The Morgan fingerprint density at radius 2 is 1.92 bits per heavy atom. The summed E-state index contributed by atoms with van der Waals surface area (Å²) in [5.74, 6) is -1.16. The van der Waals surface area contributed by atoms with Gasteiger partial charge in [-0.25, -0.2) is 4.79 Å². The lowest BCUT2D eigenvalue weighted by Crippen LogP contribution is -2.39. The molecule has 1 aromatic carbocycles. The third kappa shape index (κ3) is 3.38. The van der Waals surface area contributed by atoms with Gasteiger partial charge in [-0.1, -0.05) is 0 Å². The number of hydrogen-bond acceptors (Lipinski definition) is 4. The molecule has 1 heterocycles. The number of rotatable bonds is 3. The van der Waals surface area contributed by atoms with Gasteiger partial charge in [-0.15, -0.1) is 0 Å².